The summed E-state index contributed by atoms with van der Waals surface area (Å²) < 4.78 is 1.55. The van der Waals surface area contributed by atoms with Crippen molar-refractivity contribution in [3.63, 3.8) is 0 Å². The Labute approximate surface area is 229 Å². The molecule has 0 saturated carbocycles. The number of likely N-dealkylation sites (tertiary alicyclic amines) is 1. The number of aromatic nitrogens is 1. The minimum Gasteiger partial charge on any atom is -0.477 e. The molecule has 3 atom stereocenters. The first-order valence-corrected chi connectivity index (χ1v) is 13.5. The van der Waals surface area contributed by atoms with Gasteiger partial charge in [0, 0.05) is 44.4 Å². The number of nitrogens with zero attached hydrogens (tertiary/aromatic N) is 2. The van der Waals surface area contributed by atoms with Crippen molar-refractivity contribution in [1.82, 2.24) is 14.8 Å². The van der Waals surface area contributed by atoms with Crippen LogP contribution in [0.2, 0.25) is 0 Å². The lowest BCUT2D eigenvalue weighted by Crippen LogP contribution is -2.45. The Morgan fingerprint density at radius 3 is 2.56 bits per heavy atom. The number of fused-ring (bicyclic) bond motifs is 1. The molecule has 4 aromatic rings. The van der Waals surface area contributed by atoms with Gasteiger partial charge in [0.25, 0.3) is 0 Å². The van der Waals surface area contributed by atoms with Crippen molar-refractivity contribution in [3.8, 4) is 0 Å². The molecule has 0 radical (unpaired) electrons. The summed E-state index contributed by atoms with van der Waals surface area (Å²) in [5, 5.41) is 15.6. The SMILES string of the molecule is C[C@@H](NCC1CCN(C(=O)/C=C/c2cc(C(=O)O)n(C)c2)CC1c1ccccc1)c1cccc2ccccc12. The Balaban J connectivity index is 1.28. The van der Waals surface area contributed by atoms with Crippen molar-refractivity contribution in [3.05, 3.63) is 114 Å². The fraction of sp³-hybridized carbons (Fsp3) is 0.273. The average molecular weight is 522 g/mol. The molecule has 0 spiro atoms. The van der Waals surface area contributed by atoms with Gasteiger partial charge in [-0.05, 0) is 65.4 Å². The quantitative estimate of drug-likeness (QED) is 0.284. The number of carboxylic acids is 1. The van der Waals surface area contributed by atoms with Gasteiger partial charge in [-0.2, -0.15) is 0 Å². The van der Waals surface area contributed by atoms with Gasteiger partial charge >= 0.3 is 5.97 Å². The Bertz CT molecular complexity index is 1490. The molecule has 39 heavy (non-hydrogen) atoms. The van der Waals surface area contributed by atoms with Crippen LogP contribution in [-0.2, 0) is 11.8 Å². The third kappa shape index (κ3) is 5.96. The van der Waals surface area contributed by atoms with Crippen LogP contribution in [0.3, 0.4) is 0 Å². The first-order chi connectivity index (χ1) is 18.9. The summed E-state index contributed by atoms with van der Waals surface area (Å²) in [6.45, 7) is 4.43. The second-order valence-corrected chi connectivity index (χ2v) is 10.5. The molecule has 1 amide bonds. The maximum atomic E-state index is 13.2. The molecule has 1 fully saturated rings. The molecule has 1 aliphatic heterocycles. The van der Waals surface area contributed by atoms with E-state index in [-0.39, 0.29) is 23.6 Å². The maximum Gasteiger partial charge on any atom is 0.352 e. The maximum absolute atomic E-state index is 13.2. The highest BCUT2D eigenvalue weighted by Crippen LogP contribution is 2.33. The number of rotatable bonds is 8. The molecule has 2 heterocycles. The highest BCUT2D eigenvalue weighted by molar-refractivity contribution is 5.93. The zero-order valence-corrected chi connectivity index (χ0v) is 22.5. The van der Waals surface area contributed by atoms with E-state index in [9.17, 15) is 14.7 Å². The zero-order valence-electron chi connectivity index (χ0n) is 22.5. The van der Waals surface area contributed by atoms with Crippen LogP contribution in [0.4, 0.5) is 0 Å². The zero-order chi connectivity index (χ0) is 27.4. The van der Waals surface area contributed by atoms with Gasteiger partial charge in [-0.15, -0.1) is 0 Å². The van der Waals surface area contributed by atoms with Gasteiger partial charge in [-0.25, -0.2) is 4.79 Å². The van der Waals surface area contributed by atoms with Crippen LogP contribution in [0.5, 0.6) is 0 Å². The van der Waals surface area contributed by atoms with E-state index in [4.69, 9.17) is 0 Å². The van der Waals surface area contributed by atoms with Gasteiger partial charge in [-0.3, -0.25) is 4.79 Å². The van der Waals surface area contributed by atoms with Gasteiger partial charge in [0.15, 0.2) is 0 Å². The van der Waals surface area contributed by atoms with E-state index >= 15 is 0 Å². The summed E-state index contributed by atoms with van der Waals surface area (Å²) in [5.74, 6) is -0.420. The molecule has 3 aromatic carbocycles. The predicted octanol–water partition coefficient (Wildman–Crippen LogP) is 5.87. The Morgan fingerprint density at radius 1 is 1.05 bits per heavy atom. The number of amides is 1. The second kappa shape index (κ2) is 11.7. The largest absolute Gasteiger partial charge is 0.477 e. The van der Waals surface area contributed by atoms with Crippen molar-refractivity contribution >= 4 is 28.7 Å². The van der Waals surface area contributed by atoms with Crippen molar-refractivity contribution in [2.75, 3.05) is 19.6 Å². The van der Waals surface area contributed by atoms with Crippen LogP contribution in [0, 0.1) is 5.92 Å². The van der Waals surface area contributed by atoms with Crippen LogP contribution in [0.25, 0.3) is 16.8 Å². The molecule has 1 saturated heterocycles. The lowest BCUT2D eigenvalue weighted by atomic mass is 9.80. The van der Waals surface area contributed by atoms with Gasteiger partial charge in [0.2, 0.25) is 5.91 Å². The lowest BCUT2D eigenvalue weighted by Gasteiger charge is -2.39. The minimum absolute atomic E-state index is 0.0489. The summed E-state index contributed by atoms with van der Waals surface area (Å²) in [6.07, 6.45) is 5.88. The molecular weight excluding hydrogens is 486 g/mol. The van der Waals surface area contributed by atoms with Crippen molar-refractivity contribution < 1.29 is 14.7 Å². The highest BCUT2D eigenvalue weighted by Gasteiger charge is 2.32. The average Bonchev–Trinajstić information content (AvgIpc) is 3.35. The van der Waals surface area contributed by atoms with Gasteiger partial charge in [0.1, 0.15) is 5.69 Å². The molecule has 1 aliphatic rings. The molecular formula is C33H35N3O3. The number of nitrogens with one attached hydrogen (secondary N) is 1. The number of carbonyl (C=O) groups excluding carboxylic acids is 1. The molecule has 1 aromatic heterocycles. The van der Waals surface area contributed by atoms with Crippen LogP contribution in [-0.4, -0.2) is 46.1 Å². The van der Waals surface area contributed by atoms with Crippen LogP contribution < -0.4 is 5.32 Å². The molecule has 0 aliphatic carbocycles. The summed E-state index contributed by atoms with van der Waals surface area (Å²) in [7, 11) is 1.69. The molecule has 2 N–H and O–H groups in total. The summed E-state index contributed by atoms with van der Waals surface area (Å²) in [6, 6.07) is 27.2. The van der Waals surface area contributed by atoms with E-state index in [0.29, 0.717) is 24.6 Å². The summed E-state index contributed by atoms with van der Waals surface area (Å²) >= 11 is 0. The van der Waals surface area contributed by atoms with Gasteiger partial charge < -0.3 is 19.9 Å². The fourth-order valence-electron chi connectivity index (χ4n) is 5.76. The van der Waals surface area contributed by atoms with Gasteiger partial charge in [0.05, 0.1) is 0 Å². The Kier molecular flexibility index (Phi) is 7.94. The Morgan fingerprint density at radius 2 is 1.79 bits per heavy atom. The van der Waals surface area contributed by atoms with Crippen molar-refractivity contribution in [2.45, 2.75) is 25.3 Å². The Hall–Kier alpha value is -4.16. The van der Waals surface area contributed by atoms with E-state index < -0.39 is 5.97 Å². The molecule has 2 unspecified atom stereocenters. The van der Waals surface area contributed by atoms with Crippen LogP contribution in [0.1, 0.15) is 52.5 Å². The van der Waals surface area contributed by atoms with Crippen LogP contribution >= 0.6 is 0 Å². The monoisotopic (exact) mass is 521 g/mol. The van der Waals surface area contributed by atoms with Crippen molar-refractivity contribution in [2.24, 2.45) is 13.0 Å². The number of hydrogen-bond acceptors (Lipinski definition) is 3. The first-order valence-electron chi connectivity index (χ1n) is 13.5. The third-order valence-electron chi connectivity index (χ3n) is 7.93. The van der Waals surface area contributed by atoms with E-state index in [1.54, 1.807) is 36.0 Å². The van der Waals surface area contributed by atoms with Crippen molar-refractivity contribution in [1.29, 1.82) is 0 Å². The topological polar surface area (TPSA) is 74.6 Å². The number of hydrogen-bond donors (Lipinski definition) is 2. The number of piperidine rings is 1. The molecule has 5 rings (SSSR count). The first kappa shape index (κ1) is 26.4. The standard InChI is InChI=1S/C33H35N3O3/c1-23(28-14-8-12-25-11-6-7-13-29(25)28)34-20-27-17-18-36(22-30(27)26-9-4-3-5-10-26)32(37)16-15-24-19-31(33(38)39)35(2)21-24/h3-16,19,21,23,27,30,34H,17-18,20,22H2,1-2H3,(H,38,39)/b16-15+/t23-,27?,30?/m1/s1. The number of aromatic carboxylic acids is 1. The van der Waals surface area contributed by atoms with E-state index in [2.05, 4.69) is 79.0 Å². The molecule has 6 nitrogen and oxygen atoms in total. The number of carbonyl (C=O) groups is 2. The number of benzene rings is 3. The summed E-state index contributed by atoms with van der Waals surface area (Å²) in [5.41, 5.74) is 3.44. The minimum atomic E-state index is -0.986. The summed E-state index contributed by atoms with van der Waals surface area (Å²) in [4.78, 5) is 26.4. The normalized spacial score (nSPS) is 18.5. The predicted molar refractivity (Wildman–Crippen MR) is 156 cm³/mol. The van der Waals surface area contributed by atoms with E-state index in [1.165, 1.54) is 21.9 Å². The molecule has 200 valence electrons. The van der Waals surface area contributed by atoms with E-state index in [1.807, 2.05) is 11.0 Å². The lowest BCUT2D eigenvalue weighted by molar-refractivity contribution is -0.127. The highest BCUT2D eigenvalue weighted by atomic mass is 16.4. The molecule has 6 heteroatoms. The third-order valence-corrected chi connectivity index (χ3v) is 7.93. The second-order valence-electron chi connectivity index (χ2n) is 10.5. The van der Waals surface area contributed by atoms with E-state index in [0.717, 1.165) is 13.0 Å². The fourth-order valence-corrected chi connectivity index (χ4v) is 5.76. The smallest absolute Gasteiger partial charge is 0.352 e. The van der Waals surface area contributed by atoms with Crippen LogP contribution in [0.15, 0.2) is 91.1 Å². The van der Waals surface area contributed by atoms with Gasteiger partial charge in [-0.1, -0.05) is 72.8 Å². The number of aryl methyl sites for hydroxylation is 1. The number of carboxylic acid groups (broad SMARTS) is 1. The molecule has 0 bridgehead atoms.